The molecule has 0 aliphatic carbocycles. The summed E-state index contributed by atoms with van der Waals surface area (Å²) in [4.78, 5) is 8.18. The molecule has 0 fully saturated rings. The van der Waals surface area contributed by atoms with Gasteiger partial charge in [0.05, 0.1) is 24.7 Å². The van der Waals surface area contributed by atoms with Gasteiger partial charge in [-0.15, -0.1) is 24.0 Å². The van der Waals surface area contributed by atoms with E-state index in [1.54, 1.807) is 39.4 Å². The number of aliphatic imine (C=N–C) groups is 1. The van der Waals surface area contributed by atoms with Gasteiger partial charge >= 0.3 is 0 Å². The molecule has 0 aliphatic heterocycles. The number of rotatable bonds is 8. The number of nitrogens with two attached hydrogens (primary N) is 1. The van der Waals surface area contributed by atoms with E-state index in [1.165, 1.54) is 4.31 Å². The number of guanidine groups is 1. The van der Waals surface area contributed by atoms with Gasteiger partial charge in [0, 0.05) is 26.2 Å². The smallest absolute Gasteiger partial charge is 0.213 e. The van der Waals surface area contributed by atoms with Crippen molar-refractivity contribution in [1.29, 1.82) is 0 Å². The number of sulfonamides is 1. The summed E-state index contributed by atoms with van der Waals surface area (Å²) in [6, 6.07) is 3.48. The lowest BCUT2D eigenvalue weighted by Crippen LogP contribution is -2.30. The summed E-state index contributed by atoms with van der Waals surface area (Å²) in [5.41, 5.74) is 6.45. The van der Waals surface area contributed by atoms with Crippen LogP contribution in [0.5, 0.6) is 5.88 Å². The Bertz CT molecular complexity index is 592. The van der Waals surface area contributed by atoms with Crippen molar-refractivity contribution in [2.45, 2.75) is 13.3 Å². The molecule has 0 spiro atoms. The maximum Gasteiger partial charge on any atom is 0.213 e. The first-order valence-corrected chi connectivity index (χ1v) is 8.51. The Morgan fingerprint density at radius 3 is 2.70 bits per heavy atom. The van der Waals surface area contributed by atoms with Crippen molar-refractivity contribution in [3.8, 4) is 5.88 Å². The average Bonchev–Trinajstić information content (AvgIpc) is 2.52. The SMILES string of the molecule is CCS(=O)(=O)N(C)CCCN=C(N)Nc1ccc(OC)nc1.I. The Balaban J connectivity index is 0.00000484. The molecule has 132 valence electrons. The van der Waals surface area contributed by atoms with Crippen molar-refractivity contribution >= 4 is 45.6 Å². The fourth-order valence-electron chi connectivity index (χ4n) is 1.61. The molecule has 0 aliphatic rings. The number of anilines is 1. The molecule has 23 heavy (non-hydrogen) atoms. The fraction of sp³-hybridized carbons (Fsp3) is 0.538. The third-order valence-corrected chi connectivity index (χ3v) is 4.83. The minimum Gasteiger partial charge on any atom is -0.481 e. The van der Waals surface area contributed by atoms with Crippen molar-refractivity contribution in [3.63, 3.8) is 0 Å². The normalized spacial score (nSPS) is 11.9. The van der Waals surface area contributed by atoms with Gasteiger partial charge in [-0.2, -0.15) is 0 Å². The van der Waals surface area contributed by atoms with Crippen LogP contribution in [0.25, 0.3) is 0 Å². The Morgan fingerprint density at radius 2 is 2.17 bits per heavy atom. The molecule has 1 rings (SSSR count). The fourth-order valence-corrected chi connectivity index (χ4v) is 2.46. The standard InChI is InChI=1S/C13H23N5O3S.HI/c1-4-22(19,20)18(2)9-5-8-15-13(14)17-11-6-7-12(21-3)16-10-11;/h6-7,10H,4-5,8-9H2,1-3H3,(H3,14,15,17);1H. The van der Waals surface area contributed by atoms with E-state index in [2.05, 4.69) is 15.3 Å². The number of hydrogen-bond acceptors (Lipinski definition) is 5. The number of aromatic nitrogens is 1. The van der Waals surface area contributed by atoms with E-state index in [0.29, 0.717) is 31.1 Å². The predicted octanol–water partition coefficient (Wildman–Crippen LogP) is 1.11. The molecule has 1 aromatic heterocycles. The third kappa shape index (κ3) is 7.79. The molecule has 0 radical (unpaired) electrons. The van der Waals surface area contributed by atoms with Crippen LogP contribution < -0.4 is 15.8 Å². The van der Waals surface area contributed by atoms with Crippen LogP contribution >= 0.6 is 24.0 Å². The monoisotopic (exact) mass is 457 g/mol. The number of ether oxygens (including phenoxy) is 1. The van der Waals surface area contributed by atoms with E-state index in [-0.39, 0.29) is 35.7 Å². The molecule has 0 aromatic carbocycles. The van der Waals surface area contributed by atoms with Gasteiger partial charge in [0.1, 0.15) is 0 Å². The highest BCUT2D eigenvalue weighted by molar-refractivity contribution is 14.0. The van der Waals surface area contributed by atoms with Crippen molar-refractivity contribution in [2.24, 2.45) is 10.7 Å². The maximum absolute atomic E-state index is 11.6. The zero-order valence-corrected chi connectivity index (χ0v) is 16.7. The maximum atomic E-state index is 11.6. The Kier molecular flexibility index (Phi) is 10.1. The van der Waals surface area contributed by atoms with E-state index in [9.17, 15) is 8.42 Å². The second-order valence-electron chi connectivity index (χ2n) is 4.56. The molecular weight excluding hydrogens is 433 g/mol. The van der Waals surface area contributed by atoms with E-state index in [1.807, 2.05) is 0 Å². The molecule has 0 atom stereocenters. The van der Waals surface area contributed by atoms with Gasteiger partial charge in [-0.1, -0.05) is 0 Å². The van der Waals surface area contributed by atoms with E-state index >= 15 is 0 Å². The molecule has 0 saturated heterocycles. The topological polar surface area (TPSA) is 110 Å². The van der Waals surface area contributed by atoms with Crippen molar-refractivity contribution in [3.05, 3.63) is 18.3 Å². The van der Waals surface area contributed by atoms with Crippen LogP contribution in [0, 0.1) is 0 Å². The van der Waals surface area contributed by atoms with Crippen LogP contribution in [0.2, 0.25) is 0 Å². The summed E-state index contributed by atoms with van der Waals surface area (Å²) in [5, 5.41) is 2.90. The predicted molar refractivity (Wildman–Crippen MR) is 103 cm³/mol. The number of nitrogens with one attached hydrogen (secondary N) is 1. The number of nitrogens with zero attached hydrogens (tertiary/aromatic N) is 3. The van der Waals surface area contributed by atoms with E-state index < -0.39 is 10.0 Å². The van der Waals surface area contributed by atoms with Crippen LogP contribution in [-0.4, -0.2) is 56.7 Å². The number of methoxy groups -OCH3 is 1. The second-order valence-corrected chi connectivity index (χ2v) is 6.92. The lowest BCUT2D eigenvalue weighted by atomic mass is 10.4. The van der Waals surface area contributed by atoms with Crippen molar-refractivity contribution in [1.82, 2.24) is 9.29 Å². The summed E-state index contributed by atoms with van der Waals surface area (Å²) in [6.07, 6.45) is 2.18. The highest BCUT2D eigenvalue weighted by atomic mass is 127. The summed E-state index contributed by atoms with van der Waals surface area (Å²) in [5.74, 6) is 0.871. The lowest BCUT2D eigenvalue weighted by Gasteiger charge is -2.15. The van der Waals surface area contributed by atoms with Gasteiger partial charge in [0.2, 0.25) is 15.9 Å². The van der Waals surface area contributed by atoms with Crippen molar-refractivity contribution in [2.75, 3.05) is 38.3 Å². The quantitative estimate of drug-likeness (QED) is 0.262. The minimum absolute atomic E-state index is 0. The molecule has 0 amide bonds. The summed E-state index contributed by atoms with van der Waals surface area (Å²) >= 11 is 0. The zero-order valence-electron chi connectivity index (χ0n) is 13.5. The lowest BCUT2D eigenvalue weighted by molar-refractivity contribution is 0.398. The number of halogens is 1. The van der Waals surface area contributed by atoms with Gasteiger partial charge in [0.25, 0.3) is 0 Å². The van der Waals surface area contributed by atoms with Crippen LogP contribution in [-0.2, 0) is 10.0 Å². The van der Waals surface area contributed by atoms with Gasteiger partial charge in [-0.3, -0.25) is 4.99 Å². The van der Waals surface area contributed by atoms with Gasteiger partial charge < -0.3 is 15.8 Å². The van der Waals surface area contributed by atoms with E-state index in [4.69, 9.17) is 10.5 Å². The van der Waals surface area contributed by atoms with Crippen molar-refractivity contribution < 1.29 is 13.2 Å². The minimum atomic E-state index is -3.14. The highest BCUT2D eigenvalue weighted by Crippen LogP contribution is 2.10. The molecule has 1 heterocycles. The van der Waals surface area contributed by atoms with Crippen LogP contribution in [0.15, 0.2) is 23.3 Å². The molecule has 0 bridgehead atoms. The Morgan fingerprint density at radius 1 is 1.48 bits per heavy atom. The van der Waals surface area contributed by atoms with Crippen LogP contribution in [0.3, 0.4) is 0 Å². The van der Waals surface area contributed by atoms with Gasteiger partial charge in [-0.25, -0.2) is 17.7 Å². The summed E-state index contributed by atoms with van der Waals surface area (Å²) in [7, 11) is -0.0309. The largest absolute Gasteiger partial charge is 0.481 e. The summed E-state index contributed by atoms with van der Waals surface area (Å²) < 4.78 is 29.4. The first-order chi connectivity index (χ1) is 10.4. The molecule has 8 nitrogen and oxygen atoms in total. The molecule has 0 saturated carbocycles. The van der Waals surface area contributed by atoms with Gasteiger partial charge in [0.15, 0.2) is 5.96 Å². The molecule has 3 N–H and O–H groups in total. The van der Waals surface area contributed by atoms with Crippen LogP contribution in [0.4, 0.5) is 5.69 Å². The molecule has 10 heteroatoms. The summed E-state index contributed by atoms with van der Waals surface area (Å²) in [6.45, 7) is 2.47. The second kappa shape index (κ2) is 10.6. The zero-order chi connectivity index (χ0) is 16.6. The highest BCUT2D eigenvalue weighted by Gasteiger charge is 2.13. The van der Waals surface area contributed by atoms with Crippen LogP contribution in [0.1, 0.15) is 13.3 Å². The molecule has 1 aromatic rings. The van der Waals surface area contributed by atoms with Gasteiger partial charge in [-0.05, 0) is 19.4 Å². The number of hydrogen-bond donors (Lipinski definition) is 2. The third-order valence-electron chi connectivity index (χ3n) is 2.97. The Labute approximate surface area is 154 Å². The molecular formula is C13H24IN5O3S. The van der Waals surface area contributed by atoms with E-state index in [0.717, 1.165) is 0 Å². The Hall–Kier alpha value is -1.14. The average molecular weight is 457 g/mol. The molecule has 0 unspecified atom stereocenters. The first kappa shape index (κ1) is 21.9. The number of pyridine rings is 1. The first-order valence-electron chi connectivity index (χ1n) is 6.90.